The molecule has 1 N–H and O–H groups in total. The SMILES string of the molecule is CC(O)c1cn(Cc2ccn(-c3ccccc3)n2)nn1. The van der Waals surface area contributed by atoms with Crippen molar-refractivity contribution in [3.05, 3.63) is 60.2 Å². The van der Waals surface area contributed by atoms with E-state index in [2.05, 4.69) is 15.4 Å². The molecule has 0 aliphatic carbocycles. The summed E-state index contributed by atoms with van der Waals surface area (Å²) in [5.41, 5.74) is 2.46. The van der Waals surface area contributed by atoms with Crippen LogP contribution in [0.15, 0.2) is 48.8 Å². The maximum absolute atomic E-state index is 9.42. The van der Waals surface area contributed by atoms with Crippen molar-refractivity contribution in [2.45, 2.75) is 19.6 Å². The summed E-state index contributed by atoms with van der Waals surface area (Å²) >= 11 is 0. The molecule has 0 spiro atoms. The van der Waals surface area contributed by atoms with Gasteiger partial charge in [0.2, 0.25) is 0 Å². The van der Waals surface area contributed by atoms with Gasteiger partial charge in [-0.3, -0.25) is 0 Å². The lowest BCUT2D eigenvalue weighted by Crippen LogP contribution is -2.02. The highest BCUT2D eigenvalue weighted by molar-refractivity contribution is 5.30. The third kappa shape index (κ3) is 2.60. The van der Waals surface area contributed by atoms with Gasteiger partial charge in [-0.25, -0.2) is 9.36 Å². The van der Waals surface area contributed by atoms with E-state index in [-0.39, 0.29) is 0 Å². The normalized spacial score (nSPS) is 12.5. The fraction of sp³-hybridized carbons (Fsp3) is 0.214. The van der Waals surface area contributed by atoms with Crippen LogP contribution < -0.4 is 0 Å². The topological polar surface area (TPSA) is 68.8 Å². The minimum Gasteiger partial charge on any atom is -0.387 e. The highest BCUT2D eigenvalue weighted by Gasteiger charge is 2.08. The molecule has 3 aromatic rings. The molecule has 0 aliphatic heterocycles. The molecule has 0 aliphatic rings. The van der Waals surface area contributed by atoms with Crippen molar-refractivity contribution in [3.8, 4) is 5.69 Å². The number of hydrogen-bond donors (Lipinski definition) is 1. The number of para-hydroxylation sites is 1. The van der Waals surface area contributed by atoms with Gasteiger partial charge in [0, 0.05) is 6.20 Å². The lowest BCUT2D eigenvalue weighted by atomic mass is 10.3. The Morgan fingerprint density at radius 3 is 2.70 bits per heavy atom. The molecule has 102 valence electrons. The van der Waals surface area contributed by atoms with Gasteiger partial charge in [-0.15, -0.1) is 5.10 Å². The summed E-state index contributed by atoms with van der Waals surface area (Å²) in [6.45, 7) is 2.19. The molecule has 0 saturated heterocycles. The average Bonchev–Trinajstić information content (AvgIpc) is 3.10. The number of rotatable bonds is 4. The van der Waals surface area contributed by atoms with E-state index < -0.39 is 6.10 Å². The Morgan fingerprint density at radius 1 is 1.20 bits per heavy atom. The maximum Gasteiger partial charge on any atom is 0.111 e. The monoisotopic (exact) mass is 269 g/mol. The van der Waals surface area contributed by atoms with Crippen LogP contribution in [0.5, 0.6) is 0 Å². The van der Waals surface area contributed by atoms with Crippen LogP contribution in [-0.4, -0.2) is 29.9 Å². The summed E-state index contributed by atoms with van der Waals surface area (Å²) in [5, 5.41) is 21.8. The Bertz CT molecular complexity index is 686. The fourth-order valence-corrected chi connectivity index (χ4v) is 1.92. The van der Waals surface area contributed by atoms with Crippen molar-refractivity contribution in [2.24, 2.45) is 0 Å². The molecule has 1 atom stereocenters. The second-order valence-corrected chi connectivity index (χ2v) is 4.60. The first kappa shape index (κ1) is 12.6. The van der Waals surface area contributed by atoms with Crippen molar-refractivity contribution in [2.75, 3.05) is 0 Å². The van der Waals surface area contributed by atoms with E-state index >= 15 is 0 Å². The minimum absolute atomic E-state index is 0.527. The van der Waals surface area contributed by atoms with Crippen molar-refractivity contribution in [1.29, 1.82) is 0 Å². The molecule has 0 fully saturated rings. The van der Waals surface area contributed by atoms with Crippen LogP contribution in [0.2, 0.25) is 0 Å². The van der Waals surface area contributed by atoms with E-state index in [0.29, 0.717) is 12.2 Å². The molecule has 6 heteroatoms. The number of aliphatic hydroxyl groups is 1. The number of aliphatic hydroxyl groups excluding tert-OH is 1. The summed E-state index contributed by atoms with van der Waals surface area (Å²) in [5.74, 6) is 0. The Kier molecular flexibility index (Phi) is 3.30. The first-order valence-corrected chi connectivity index (χ1v) is 6.40. The Balaban J connectivity index is 1.77. The van der Waals surface area contributed by atoms with E-state index in [0.717, 1.165) is 11.4 Å². The van der Waals surface area contributed by atoms with Gasteiger partial charge in [-0.05, 0) is 25.1 Å². The van der Waals surface area contributed by atoms with Crippen molar-refractivity contribution in [3.63, 3.8) is 0 Å². The van der Waals surface area contributed by atoms with Crippen LogP contribution in [-0.2, 0) is 6.54 Å². The van der Waals surface area contributed by atoms with Gasteiger partial charge in [0.15, 0.2) is 0 Å². The predicted molar refractivity (Wildman–Crippen MR) is 73.3 cm³/mol. The fourth-order valence-electron chi connectivity index (χ4n) is 1.92. The lowest BCUT2D eigenvalue weighted by Gasteiger charge is -2.00. The van der Waals surface area contributed by atoms with Gasteiger partial charge in [-0.2, -0.15) is 5.10 Å². The van der Waals surface area contributed by atoms with E-state index in [1.54, 1.807) is 17.8 Å². The van der Waals surface area contributed by atoms with Gasteiger partial charge in [-0.1, -0.05) is 23.4 Å². The van der Waals surface area contributed by atoms with E-state index in [9.17, 15) is 5.11 Å². The molecule has 1 unspecified atom stereocenters. The van der Waals surface area contributed by atoms with Gasteiger partial charge >= 0.3 is 0 Å². The zero-order chi connectivity index (χ0) is 13.9. The van der Waals surface area contributed by atoms with Gasteiger partial charge in [0.25, 0.3) is 0 Å². The van der Waals surface area contributed by atoms with Gasteiger partial charge in [0.1, 0.15) is 5.69 Å². The largest absolute Gasteiger partial charge is 0.387 e. The average molecular weight is 269 g/mol. The first-order chi connectivity index (χ1) is 9.72. The molecule has 2 aromatic heterocycles. The predicted octanol–water partition coefficient (Wildman–Crippen LogP) is 1.57. The van der Waals surface area contributed by atoms with Crippen LogP contribution in [0.1, 0.15) is 24.4 Å². The molecular formula is C14H15N5O. The molecule has 1 aromatic carbocycles. The molecule has 0 radical (unpaired) electrons. The summed E-state index contributed by atoms with van der Waals surface area (Å²) in [4.78, 5) is 0. The van der Waals surface area contributed by atoms with Gasteiger partial charge in [0.05, 0.1) is 30.2 Å². The third-order valence-corrected chi connectivity index (χ3v) is 2.97. The van der Waals surface area contributed by atoms with Crippen LogP contribution in [0.3, 0.4) is 0 Å². The Hall–Kier alpha value is -2.47. The molecule has 6 nitrogen and oxygen atoms in total. The molecule has 0 bridgehead atoms. The maximum atomic E-state index is 9.42. The second kappa shape index (κ2) is 5.26. The molecule has 3 rings (SSSR count). The number of hydrogen-bond acceptors (Lipinski definition) is 4. The first-order valence-electron chi connectivity index (χ1n) is 6.40. The third-order valence-electron chi connectivity index (χ3n) is 2.97. The molecule has 0 saturated carbocycles. The number of aromatic nitrogens is 5. The van der Waals surface area contributed by atoms with E-state index in [1.165, 1.54) is 0 Å². The Morgan fingerprint density at radius 2 is 2.00 bits per heavy atom. The van der Waals surface area contributed by atoms with Crippen molar-refractivity contribution >= 4 is 0 Å². The standard InChI is InChI=1S/C14H15N5O/c1-11(20)14-10-18(17-15-14)9-12-7-8-19(16-12)13-5-3-2-4-6-13/h2-8,10-11,20H,9H2,1H3. The highest BCUT2D eigenvalue weighted by atomic mass is 16.3. The quantitative estimate of drug-likeness (QED) is 0.780. The molecule has 2 heterocycles. The summed E-state index contributed by atoms with van der Waals surface area (Å²) in [6, 6.07) is 11.9. The van der Waals surface area contributed by atoms with E-state index in [4.69, 9.17) is 0 Å². The highest BCUT2D eigenvalue weighted by Crippen LogP contribution is 2.09. The lowest BCUT2D eigenvalue weighted by molar-refractivity contribution is 0.194. The number of nitrogens with zero attached hydrogens (tertiary/aromatic N) is 5. The zero-order valence-corrected chi connectivity index (χ0v) is 11.1. The smallest absolute Gasteiger partial charge is 0.111 e. The molecular weight excluding hydrogens is 254 g/mol. The van der Waals surface area contributed by atoms with Crippen LogP contribution in [0, 0.1) is 0 Å². The second-order valence-electron chi connectivity index (χ2n) is 4.60. The zero-order valence-electron chi connectivity index (χ0n) is 11.1. The Labute approximate surface area is 116 Å². The van der Waals surface area contributed by atoms with Crippen LogP contribution in [0.4, 0.5) is 0 Å². The minimum atomic E-state index is -0.606. The van der Waals surface area contributed by atoms with E-state index in [1.807, 2.05) is 47.3 Å². The molecule has 20 heavy (non-hydrogen) atoms. The summed E-state index contributed by atoms with van der Waals surface area (Å²) < 4.78 is 3.49. The van der Waals surface area contributed by atoms with Crippen molar-refractivity contribution in [1.82, 2.24) is 24.8 Å². The summed E-state index contributed by atoms with van der Waals surface area (Å²) in [6.07, 6.45) is 3.04. The summed E-state index contributed by atoms with van der Waals surface area (Å²) in [7, 11) is 0. The van der Waals surface area contributed by atoms with Crippen LogP contribution >= 0.6 is 0 Å². The number of benzene rings is 1. The van der Waals surface area contributed by atoms with Crippen molar-refractivity contribution < 1.29 is 5.11 Å². The van der Waals surface area contributed by atoms with Gasteiger partial charge < -0.3 is 5.11 Å². The molecule has 0 amide bonds. The van der Waals surface area contributed by atoms with Crippen LogP contribution in [0.25, 0.3) is 5.69 Å².